The van der Waals surface area contributed by atoms with Crippen LogP contribution in [0.5, 0.6) is 0 Å². The predicted octanol–water partition coefficient (Wildman–Crippen LogP) is 0.0831. The molecule has 0 bridgehead atoms. The van der Waals surface area contributed by atoms with Gasteiger partial charge in [0.2, 0.25) is 5.91 Å². The summed E-state index contributed by atoms with van der Waals surface area (Å²) in [4.78, 5) is 34.6. The number of morpholine rings is 1. The molecule has 144 valence electrons. The van der Waals surface area contributed by atoms with Crippen molar-refractivity contribution in [3.8, 4) is 0 Å². The molecule has 0 radical (unpaired) electrons. The Bertz CT molecular complexity index is 665. The Labute approximate surface area is 157 Å². The summed E-state index contributed by atoms with van der Waals surface area (Å²) in [7, 11) is 3.50. The molecule has 2 fully saturated rings. The summed E-state index contributed by atoms with van der Waals surface area (Å²) < 4.78 is 11.8. The van der Waals surface area contributed by atoms with E-state index in [4.69, 9.17) is 9.47 Å². The van der Waals surface area contributed by atoms with Crippen LogP contribution in [0.2, 0.25) is 0 Å². The average molecular weight is 382 g/mol. The van der Waals surface area contributed by atoms with Crippen LogP contribution in [-0.4, -0.2) is 104 Å². The molecule has 0 N–H and O–H groups in total. The summed E-state index contributed by atoms with van der Waals surface area (Å²) in [6.45, 7) is 5.83. The maximum absolute atomic E-state index is 12.8. The molecule has 1 aromatic rings. The van der Waals surface area contributed by atoms with Gasteiger partial charge in [-0.15, -0.1) is 11.3 Å². The van der Waals surface area contributed by atoms with Gasteiger partial charge in [-0.05, 0) is 6.92 Å². The summed E-state index contributed by atoms with van der Waals surface area (Å²) >= 11 is 1.47. The first kappa shape index (κ1) is 19.2. The maximum atomic E-state index is 12.8. The van der Waals surface area contributed by atoms with Crippen molar-refractivity contribution < 1.29 is 19.1 Å². The number of aryl methyl sites for hydroxylation is 1. The molecule has 2 aliphatic heterocycles. The van der Waals surface area contributed by atoms with E-state index in [1.54, 1.807) is 29.3 Å². The first-order valence-corrected chi connectivity index (χ1v) is 9.62. The van der Waals surface area contributed by atoms with E-state index in [0.29, 0.717) is 58.2 Å². The molecule has 1 aromatic heterocycles. The zero-order valence-electron chi connectivity index (χ0n) is 15.6. The van der Waals surface area contributed by atoms with Crippen LogP contribution >= 0.6 is 11.3 Å². The Morgan fingerprint density at radius 3 is 2.81 bits per heavy atom. The van der Waals surface area contributed by atoms with Crippen LogP contribution in [0.25, 0.3) is 0 Å². The third-order valence-electron chi connectivity index (χ3n) is 4.66. The molecule has 0 aliphatic carbocycles. The second kappa shape index (κ2) is 7.99. The van der Waals surface area contributed by atoms with E-state index < -0.39 is 5.60 Å². The lowest BCUT2D eigenvalue weighted by molar-refractivity contribution is -0.139. The van der Waals surface area contributed by atoms with E-state index in [-0.39, 0.29) is 11.8 Å². The maximum Gasteiger partial charge on any atom is 0.273 e. The van der Waals surface area contributed by atoms with Crippen molar-refractivity contribution in [3.63, 3.8) is 0 Å². The van der Waals surface area contributed by atoms with E-state index in [9.17, 15) is 9.59 Å². The van der Waals surface area contributed by atoms with Gasteiger partial charge in [-0.25, -0.2) is 4.98 Å². The standard InChI is InChI=1S/C17H26N4O4S/c1-13-18-14(9-26-13)16(23)21-5-7-25-17(11-21)10-20(4-6-24-12-17)8-15(22)19(2)3/h9H,4-8,10-12H2,1-3H3. The van der Waals surface area contributed by atoms with Gasteiger partial charge >= 0.3 is 0 Å². The van der Waals surface area contributed by atoms with Crippen LogP contribution in [0.1, 0.15) is 15.5 Å². The van der Waals surface area contributed by atoms with Gasteiger partial charge < -0.3 is 19.3 Å². The van der Waals surface area contributed by atoms with Crippen LogP contribution < -0.4 is 0 Å². The van der Waals surface area contributed by atoms with Gasteiger partial charge in [-0.3, -0.25) is 14.5 Å². The third kappa shape index (κ3) is 4.40. The first-order chi connectivity index (χ1) is 12.4. The molecule has 9 heteroatoms. The van der Waals surface area contributed by atoms with E-state index in [2.05, 4.69) is 9.88 Å². The van der Waals surface area contributed by atoms with Crippen molar-refractivity contribution >= 4 is 23.2 Å². The number of hydrogen-bond donors (Lipinski definition) is 0. The van der Waals surface area contributed by atoms with Crippen molar-refractivity contribution in [2.45, 2.75) is 12.5 Å². The number of carbonyl (C=O) groups is 2. The van der Waals surface area contributed by atoms with E-state index in [1.807, 2.05) is 6.92 Å². The van der Waals surface area contributed by atoms with Crippen molar-refractivity contribution in [3.05, 3.63) is 16.1 Å². The smallest absolute Gasteiger partial charge is 0.273 e. The van der Waals surface area contributed by atoms with Gasteiger partial charge in [0, 0.05) is 39.1 Å². The zero-order chi connectivity index (χ0) is 18.7. The monoisotopic (exact) mass is 382 g/mol. The van der Waals surface area contributed by atoms with Crippen molar-refractivity contribution in [1.82, 2.24) is 19.7 Å². The number of amides is 2. The highest BCUT2D eigenvalue weighted by atomic mass is 32.1. The average Bonchev–Trinajstić information content (AvgIpc) is 2.95. The largest absolute Gasteiger partial charge is 0.377 e. The minimum Gasteiger partial charge on any atom is -0.377 e. The molecular formula is C17H26N4O4S. The Kier molecular flexibility index (Phi) is 5.91. The van der Waals surface area contributed by atoms with Crippen LogP contribution in [0.4, 0.5) is 0 Å². The van der Waals surface area contributed by atoms with Crippen LogP contribution in [-0.2, 0) is 14.3 Å². The normalized spacial score (nSPS) is 24.5. The van der Waals surface area contributed by atoms with E-state index in [0.717, 1.165) is 5.01 Å². The summed E-state index contributed by atoms with van der Waals surface area (Å²) in [5, 5.41) is 2.67. The molecule has 0 aromatic carbocycles. The Morgan fingerprint density at radius 2 is 2.12 bits per heavy atom. The summed E-state index contributed by atoms with van der Waals surface area (Å²) in [5.41, 5.74) is -0.124. The molecule has 2 amide bonds. The van der Waals surface area contributed by atoms with Crippen LogP contribution in [0.3, 0.4) is 0 Å². The summed E-state index contributed by atoms with van der Waals surface area (Å²) in [6, 6.07) is 0. The quantitative estimate of drug-likeness (QED) is 0.737. The van der Waals surface area contributed by atoms with Gasteiger partial charge in [0.15, 0.2) is 0 Å². The van der Waals surface area contributed by atoms with Crippen LogP contribution in [0.15, 0.2) is 5.38 Å². The number of nitrogens with zero attached hydrogens (tertiary/aromatic N) is 4. The minimum atomic E-state index is -0.609. The minimum absolute atomic E-state index is 0.0451. The highest BCUT2D eigenvalue weighted by Crippen LogP contribution is 2.24. The molecule has 1 spiro atoms. The molecule has 1 unspecified atom stereocenters. The molecule has 26 heavy (non-hydrogen) atoms. The number of rotatable bonds is 3. The molecule has 0 saturated carbocycles. The number of thiazole rings is 1. The summed E-state index contributed by atoms with van der Waals surface area (Å²) in [6.07, 6.45) is 0. The number of likely N-dealkylation sites (N-methyl/N-ethyl adjacent to an activating group) is 1. The Morgan fingerprint density at radius 1 is 1.31 bits per heavy atom. The van der Waals surface area contributed by atoms with Crippen molar-refractivity contribution in [2.75, 3.05) is 66.6 Å². The summed E-state index contributed by atoms with van der Waals surface area (Å²) in [5.74, 6) is -0.0269. The number of ether oxygens (including phenoxy) is 2. The van der Waals surface area contributed by atoms with Crippen molar-refractivity contribution in [1.29, 1.82) is 0 Å². The topological polar surface area (TPSA) is 75.2 Å². The molecule has 3 heterocycles. The fourth-order valence-corrected chi connectivity index (χ4v) is 3.86. The SMILES string of the molecule is Cc1nc(C(=O)N2CCOC3(COCCN(CC(=O)N(C)C)C3)C2)cs1. The van der Waals surface area contributed by atoms with Gasteiger partial charge in [0.1, 0.15) is 11.3 Å². The Hall–Kier alpha value is -1.55. The fraction of sp³-hybridized carbons (Fsp3) is 0.706. The number of hydrogen-bond acceptors (Lipinski definition) is 7. The third-order valence-corrected chi connectivity index (χ3v) is 5.43. The number of carbonyl (C=O) groups excluding carboxylic acids is 2. The lowest BCUT2D eigenvalue weighted by Crippen LogP contribution is -2.60. The van der Waals surface area contributed by atoms with Crippen molar-refractivity contribution in [2.24, 2.45) is 0 Å². The lowest BCUT2D eigenvalue weighted by atomic mass is 10.0. The molecule has 2 aliphatic rings. The second-order valence-electron chi connectivity index (χ2n) is 7.06. The molecule has 3 rings (SSSR count). The van der Waals surface area contributed by atoms with E-state index in [1.165, 1.54) is 11.3 Å². The number of aromatic nitrogens is 1. The highest BCUT2D eigenvalue weighted by molar-refractivity contribution is 7.09. The van der Waals surface area contributed by atoms with Gasteiger partial charge in [0.05, 0.1) is 37.9 Å². The molecule has 2 saturated heterocycles. The van der Waals surface area contributed by atoms with Gasteiger partial charge in [-0.2, -0.15) is 0 Å². The molecule has 1 atom stereocenters. The van der Waals surface area contributed by atoms with Gasteiger partial charge in [-0.1, -0.05) is 0 Å². The highest BCUT2D eigenvalue weighted by Gasteiger charge is 2.42. The molecule has 8 nitrogen and oxygen atoms in total. The second-order valence-corrected chi connectivity index (χ2v) is 8.12. The van der Waals surface area contributed by atoms with Crippen LogP contribution in [0, 0.1) is 6.92 Å². The van der Waals surface area contributed by atoms with Gasteiger partial charge in [0.25, 0.3) is 5.91 Å². The zero-order valence-corrected chi connectivity index (χ0v) is 16.4. The Balaban J connectivity index is 1.70. The first-order valence-electron chi connectivity index (χ1n) is 8.74. The fourth-order valence-electron chi connectivity index (χ4n) is 3.28. The predicted molar refractivity (Wildman–Crippen MR) is 97.4 cm³/mol. The molecular weight excluding hydrogens is 356 g/mol. The van der Waals surface area contributed by atoms with E-state index >= 15 is 0 Å². The lowest BCUT2D eigenvalue weighted by Gasteiger charge is -2.43.